The zero-order valence-corrected chi connectivity index (χ0v) is 15.5. The van der Waals surface area contributed by atoms with Crippen molar-refractivity contribution in [2.24, 2.45) is 0 Å². The second kappa shape index (κ2) is 8.03. The normalized spacial score (nSPS) is 11.8. The molecule has 0 radical (unpaired) electrons. The number of fused-ring (bicyclic) bond motifs is 3. The molecule has 0 atom stereocenters. The summed E-state index contributed by atoms with van der Waals surface area (Å²) < 4.78 is 18.5. The van der Waals surface area contributed by atoms with Crippen molar-refractivity contribution in [1.29, 1.82) is 0 Å². The number of rotatable bonds is 3. The van der Waals surface area contributed by atoms with Crippen LogP contribution in [0.1, 0.15) is 22.6 Å². The number of alkyl carbamates (subject to hydrolysis) is 1. The number of aromatic nitrogens is 1. The van der Waals surface area contributed by atoms with Crippen LogP contribution in [0.2, 0.25) is 0 Å². The first-order valence-electron chi connectivity index (χ1n) is 9.12. The van der Waals surface area contributed by atoms with Crippen LogP contribution in [0, 0.1) is 17.8 Å². The lowest BCUT2D eigenvalue weighted by Gasteiger charge is -2.14. The highest BCUT2D eigenvalue weighted by Crippen LogP contribution is 2.44. The minimum absolute atomic E-state index is 0.00694. The van der Waals surface area contributed by atoms with Gasteiger partial charge in [0.1, 0.15) is 6.61 Å². The van der Waals surface area contributed by atoms with Gasteiger partial charge >= 0.3 is 6.09 Å². The fourth-order valence-corrected chi connectivity index (χ4v) is 3.45. The molecule has 0 saturated carbocycles. The van der Waals surface area contributed by atoms with E-state index in [0.29, 0.717) is 5.56 Å². The number of hydrogen-bond donors (Lipinski definition) is 2. The van der Waals surface area contributed by atoms with Gasteiger partial charge in [0.25, 0.3) is 0 Å². The van der Waals surface area contributed by atoms with Gasteiger partial charge in [0.15, 0.2) is 0 Å². The van der Waals surface area contributed by atoms with Crippen molar-refractivity contribution < 1.29 is 13.9 Å². The van der Waals surface area contributed by atoms with E-state index in [0.717, 1.165) is 11.1 Å². The molecule has 4 rings (SSSR count). The molecule has 1 aliphatic rings. The molecule has 1 aliphatic carbocycles. The summed E-state index contributed by atoms with van der Waals surface area (Å²) in [4.78, 5) is 15.5. The number of halogens is 1. The van der Waals surface area contributed by atoms with Crippen LogP contribution in [0.25, 0.3) is 11.1 Å². The van der Waals surface area contributed by atoms with Gasteiger partial charge in [0.2, 0.25) is 5.95 Å². The molecule has 5 nitrogen and oxygen atoms in total. The molecule has 0 unspecified atom stereocenters. The van der Waals surface area contributed by atoms with Crippen LogP contribution < -0.4 is 11.1 Å². The van der Waals surface area contributed by atoms with Crippen LogP contribution in [-0.2, 0) is 4.74 Å². The number of anilines is 1. The number of amides is 1. The quantitative estimate of drug-likeness (QED) is 0.531. The third kappa shape index (κ3) is 3.90. The van der Waals surface area contributed by atoms with E-state index in [9.17, 15) is 9.18 Å². The number of nitrogens with one attached hydrogen (secondary N) is 1. The Morgan fingerprint density at radius 3 is 2.45 bits per heavy atom. The Bertz CT molecular complexity index is 1090. The first-order valence-corrected chi connectivity index (χ1v) is 9.12. The van der Waals surface area contributed by atoms with Crippen molar-refractivity contribution in [3.8, 4) is 23.0 Å². The summed E-state index contributed by atoms with van der Waals surface area (Å²) in [6.45, 7) is 0.333. The van der Waals surface area contributed by atoms with E-state index < -0.39 is 12.0 Å². The molecule has 2 aromatic carbocycles. The van der Waals surface area contributed by atoms with E-state index in [1.54, 1.807) is 0 Å². The number of hydrogen-bond acceptors (Lipinski definition) is 4. The summed E-state index contributed by atoms with van der Waals surface area (Å²) >= 11 is 0. The van der Waals surface area contributed by atoms with E-state index in [1.807, 2.05) is 24.3 Å². The first kappa shape index (κ1) is 18.5. The van der Waals surface area contributed by atoms with Crippen LogP contribution >= 0.6 is 0 Å². The molecule has 0 saturated heterocycles. The maximum absolute atomic E-state index is 13.0. The number of pyridine rings is 1. The third-order valence-electron chi connectivity index (χ3n) is 4.76. The van der Waals surface area contributed by atoms with Crippen molar-refractivity contribution >= 4 is 11.8 Å². The highest BCUT2D eigenvalue weighted by Gasteiger charge is 2.28. The molecular weight excluding hydrogens is 369 g/mol. The van der Waals surface area contributed by atoms with Crippen LogP contribution in [-0.4, -0.2) is 24.2 Å². The second-order valence-electron chi connectivity index (χ2n) is 6.58. The maximum atomic E-state index is 13.0. The Balaban J connectivity index is 1.35. The van der Waals surface area contributed by atoms with E-state index in [4.69, 9.17) is 10.5 Å². The number of nitrogens with two attached hydrogens (primary N) is 1. The highest BCUT2D eigenvalue weighted by molar-refractivity contribution is 5.79. The number of nitrogen functional groups attached to an aromatic ring is 1. The van der Waals surface area contributed by atoms with Crippen LogP contribution in [0.3, 0.4) is 0 Å². The number of nitrogens with zero attached hydrogens (tertiary/aromatic N) is 1. The molecule has 0 aliphatic heterocycles. The number of carbonyl (C=O) groups excluding carboxylic acids is 1. The number of benzene rings is 2. The molecule has 29 heavy (non-hydrogen) atoms. The van der Waals surface area contributed by atoms with E-state index in [2.05, 4.69) is 46.4 Å². The Morgan fingerprint density at radius 2 is 1.79 bits per heavy atom. The molecule has 6 heteroatoms. The van der Waals surface area contributed by atoms with Gasteiger partial charge in [-0.2, -0.15) is 4.39 Å². The van der Waals surface area contributed by atoms with Gasteiger partial charge in [-0.1, -0.05) is 60.4 Å². The summed E-state index contributed by atoms with van der Waals surface area (Å²) in [7, 11) is 0. The molecule has 1 heterocycles. The smallest absolute Gasteiger partial charge is 0.407 e. The van der Waals surface area contributed by atoms with Crippen molar-refractivity contribution in [3.63, 3.8) is 0 Å². The van der Waals surface area contributed by atoms with Gasteiger partial charge in [0, 0.05) is 17.7 Å². The standard InChI is InChI=1S/C23H18FN3O2/c24-22-21(25)12-15(13-27-22)6-5-11-26-23(28)29-14-20-18-9-3-1-7-16(18)17-8-2-4-10-19(17)20/h1-4,7-10,12-13,20H,11,14,25H2,(H,26,28). The lowest BCUT2D eigenvalue weighted by Crippen LogP contribution is -2.26. The lowest BCUT2D eigenvalue weighted by molar-refractivity contribution is 0.144. The minimum atomic E-state index is -0.729. The predicted molar refractivity (Wildman–Crippen MR) is 109 cm³/mol. The van der Waals surface area contributed by atoms with Crippen LogP contribution in [0.15, 0.2) is 60.8 Å². The van der Waals surface area contributed by atoms with Crippen molar-refractivity contribution in [3.05, 3.63) is 83.4 Å². The van der Waals surface area contributed by atoms with Gasteiger partial charge in [-0.15, -0.1) is 0 Å². The molecule has 3 aromatic rings. The molecule has 3 N–H and O–H groups in total. The molecular formula is C23H18FN3O2. The second-order valence-corrected chi connectivity index (χ2v) is 6.58. The number of carbonyl (C=O) groups is 1. The van der Waals surface area contributed by atoms with Gasteiger partial charge in [0.05, 0.1) is 12.2 Å². The highest BCUT2D eigenvalue weighted by atomic mass is 19.1. The fraction of sp³-hybridized carbons (Fsp3) is 0.130. The van der Waals surface area contributed by atoms with Crippen molar-refractivity contribution in [2.45, 2.75) is 5.92 Å². The van der Waals surface area contributed by atoms with E-state index in [-0.39, 0.29) is 24.8 Å². The first-order chi connectivity index (χ1) is 14.1. The molecule has 1 aromatic heterocycles. The molecule has 0 fully saturated rings. The lowest BCUT2D eigenvalue weighted by atomic mass is 9.98. The van der Waals surface area contributed by atoms with Gasteiger partial charge in [-0.25, -0.2) is 9.78 Å². The van der Waals surface area contributed by atoms with Gasteiger partial charge in [-0.3, -0.25) is 0 Å². The third-order valence-corrected chi connectivity index (χ3v) is 4.76. The predicted octanol–water partition coefficient (Wildman–Crippen LogP) is 3.69. The molecule has 1 amide bonds. The average Bonchev–Trinajstić information content (AvgIpc) is 3.06. The van der Waals surface area contributed by atoms with Gasteiger partial charge in [-0.05, 0) is 28.3 Å². The Hall–Kier alpha value is -3.85. The zero-order valence-electron chi connectivity index (χ0n) is 15.5. The van der Waals surface area contributed by atoms with Crippen LogP contribution in [0.5, 0.6) is 0 Å². The Labute approximate surface area is 167 Å². The molecule has 0 bridgehead atoms. The summed E-state index contributed by atoms with van der Waals surface area (Å²) in [5.74, 6) is 4.80. The fourth-order valence-electron chi connectivity index (χ4n) is 3.45. The average molecular weight is 387 g/mol. The SMILES string of the molecule is Nc1cc(C#CCNC(=O)OCC2c3ccccc3-c3ccccc32)cnc1F. The minimum Gasteiger partial charge on any atom is -0.449 e. The molecule has 144 valence electrons. The largest absolute Gasteiger partial charge is 0.449 e. The number of ether oxygens (including phenoxy) is 1. The molecule has 0 spiro atoms. The summed E-state index contributed by atoms with van der Waals surface area (Å²) in [6.07, 6.45) is 0.740. The van der Waals surface area contributed by atoms with E-state index in [1.165, 1.54) is 23.4 Å². The van der Waals surface area contributed by atoms with Crippen LogP contribution in [0.4, 0.5) is 14.9 Å². The van der Waals surface area contributed by atoms with E-state index >= 15 is 0 Å². The van der Waals surface area contributed by atoms with Gasteiger partial charge < -0.3 is 15.8 Å². The zero-order chi connectivity index (χ0) is 20.2. The van der Waals surface area contributed by atoms with Crippen molar-refractivity contribution in [2.75, 3.05) is 18.9 Å². The monoisotopic (exact) mass is 387 g/mol. The van der Waals surface area contributed by atoms with Crippen molar-refractivity contribution in [1.82, 2.24) is 10.3 Å². The summed E-state index contributed by atoms with van der Waals surface area (Å²) in [5, 5.41) is 2.59. The summed E-state index contributed by atoms with van der Waals surface area (Å²) in [5.41, 5.74) is 10.5. The summed E-state index contributed by atoms with van der Waals surface area (Å²) in [6, 6.07) is 17.7. The Morgan fingerprint density at radius 1 is 1.14 bits per heavy atom. The maximum Gasteiger partial charge on any atom is 0.407 e. The topological polar surface area (TPSA) is 77.2 Å². The Kier molecular flexibility index (Phi) is 5.12.